The zero-order valence-corrected chi connectivity index (χ0v) is 22.4. The Kier molecular flexibility index (Phi) is 12.9. The third-order valence-electron chi connectivity index (χ3n) is 4.01. The first kappa shape index (κ1) is 27.6. The number of halogens is 1. The minimum atomic E-state index is -1.32. The molecule has 0 saturated carbocycles. The molecule has 0 saturated heterocycles. The van der Waals surface area contributed by atoms with Crippen LogP contribution in [0.4, 0.5) is 0 Å². The van der Waals surface area contributed by atoms with Crippen LogP contribution in [0.15, 0.2) is 27.9 Å². The standard InChI is InChI=1S/C19H22IO6.CH3.U/c1-11-6-9-15(20)17(22)18(23)16(21)5-3-4-12-10-13(25-2)7-8-14(12)19(24)26-11;;/h3-4,7,9-11,16-18,21-23H,5-6H2,1-2H3;1H3;/q2*-1;+2/b4-3+,15-9+;;/t11?,16?,17?,18-;;/m1../s1. The van der Waals surface area contributed by atoms with E-state index in [1.807, 2.05) is 22.6 Å². The van der Waals surface area contributed by atoms with Crippen molar-refractivity contribution >= 4 is 34.6 Å². The normalized spacial score (nSPS) is 28.8. The molecular formula is C20H25IO6U. The molecule has 6 nitrogen and oxygen atoms in total. The maximum absolute atomic E-state index is 12.5. The molecular weight excluding hydrogens is 701 g/mol. The second-order valence-corrected chi connectivity index (χ2v) is 7.30. The molecule has 28 heavy (non-hydrogen) atoms. The van der Waals surface area contributed by atoms with E-state index in [4.69, 9.17) is 9.47 Å². The number of ether oxygens (including phenoxy) is 2. The first-order valence-corrected chi connectivity index (χ1v) is 9.28. The molecule has 1 aliphatic heterocycles. The first-order valence-electron chi connectivity index (χ1n) is 8.20. The SMILES string of the molecule is COc1c[c-]c2c(c1)/C=C/CC(O)[C@@H](O)C(O)/C(I)=C\CC(C)OC2=O.[CH3-].[U+2]. The fourth-order valence-electron chi connectivity index (χ4n) is 2.46. The van der Waals surface area contributed by atoms with Crippen molar-refractivity contribution in [2.75, 3.05) is 7.11 Å². The number of hydrogen-bond acceptors (Lipinski definition) is 6. The molecule has 0 radical (unpaired) electrons. The third kappa shape index (κ3) is 7.47. The predicted molar refractivity (Wildman–Crippen MR) is 112 cm³/mol. The van der Waals surface area contributed by atoms with Crippen molar-refractivity contribution in [3.63, 3.8) is 0 Å². The van der Waals surface area contributed by atoms with E-state index in [9.17, 15) is 20.1 Å². The maximum Gasteiger partial charge on any atom is 2.00 e. The predicted octanol–water partition coefficient (Wildman–Crippen LogP) is 2.70. The van der Waals surface area contributed by atoms with E-state index in [0.717, 1.165) is 0 Å². The smallest absolute Gasteiger partial charge is 0.540 e. The van der Waals surface area contributed by atoms with Crippen molar-refractivity contribution < 1.29 is 60.7 Å². The summed E-state index contributed by atoms with van der Waals surface area (Å²) < 4.78 is 11.1. The fourth-order valence-corrected chi connectivity index (χ4v) is 3.08. The van der Waals surface area contributed by atoms with Gasteiger partial charge in [0.2, 0.25) is 0 Å². The van der Waals surface area contributed by atoms with Gasteiger partial charge in [-0.05, 0) is 35.9 Å². The molecule has 1 aliphatic rings. The number of carbonyl (C=O) groups is 1. The Hall–Kier alpha value is -0.368. The van der Waals surface area contributed by atoms with Crippen LogP contribution in [0.2, 0.25) is 0 Å². The van der Waals surface area contributed by atoms with Gasteiger partial charge in [-0.2, -0.15) is 0 Å². The summed E-state index contributed by atoms with van der Waals surface area (Å²) in [6, 6.07) is 6.10. The number of esters is 1. The number of rotatable bonds is 1. The molecule has 2 rings (SSSR count). The van der Waals surface area contributed by atoms with Crippen molar-refractivity contribution in [3.8, 4) is 5.75 Å². The Balaban J connectivity index is 0.00000364. The van der Waals surface area contributed by atoms with Crippen LogP contribution in [0, 0.1) is 44.6 Å². The largest absolute Gasteiger partial charge is 2.00 e. The van der Waals surface area contributed by atoms with E-state index < -0.39 is 30.4 Å². The Labute approximate surface area is 203 Å². The summed E-state index contributed by atoms with van der Waals surface area (Å²) in [5.41, 5.74) is 0.797. The fraction of sp³-hybridized carbons (Fsp3) is 0.400. The Morgan fingerprint density at radius 2 is 1.96 bits per heavy atom. The van der Waals surface area contributed by atoms with Crippen molar-refractivity contribution in [2.24, 2.45) is 0 Å². The molecule has 0 aromatic heterocycles. The first-order chi connectivity index (χ1) is 12.3. The number of aliphatic hydroxyl groups is 3. The van der Waals surface area contributed by atoms with Crippen molar-refractivity contribution in [2.45, 2.75) is 44.2 Å². The van der Waals surface area contributed by atoms with Gasteiger partial charge in [0.15, 0.2) is 0 Å². The molecule has 1 aromatic carbocycles. The molecule has 0 spiro atoms. The molecule has 152 valence electrons. The van der Waals surface area contributed by atoms with Gasteiger partial charge < -0.3 is 37.0 Å². The summed E-state index contributed by atoms with van der Waals surface area (Å²) in [5.74, 6) is 0.0188. The summed E-state index contributed by atoms with van der Waals surface area (Å²) in [5, 5.41) is 30.4. The number of carbonyl (C=O) groups excluding carboxylic acids is 1. The summed E-state index contributed by atoms with van der Waals surface area (Å²) in [6.45, 7) is 1.74. The van der Waals surface area contributed by atoms with E-state index in [-0.39, 0.29) is 50.5 Å². The average Bonchev–Trinajstić information content (AvgIpc) is 2.63. The van der Waals surface area contributed by atoms with Gasteiger partial charge in [-0.15, -0.1) is 18.2 Å². The Morgan fingerprint density at radius 3 is 2.61 bits per heavy atom. The van der Waals surface area contributed by atoms with E-state index in [2.05, 4.69) is 6.07 Å². The molecule has 1 aromatic rings. The van der Waals surface area contributed by atoms with Gasteiger partial charge in [0.1, 0.15) is 12.2 Å². The van der Waals surface area contributed by atoms with Crippen LogP contribution in [-0.4, -0.2) is 52.8 Å². The molecule has 3 N–H and O–H groups in total. The van der Waals surface area contributed by atoms with Crippen molar-refractivity contribution in [1.29, 1.82) is 0 Å². The van der Waals surface area contributed by atoms with E-state index in [0.29, 0.717) is 21.3 Å². The van der Waals surface area contributed by atoms with Gasteiger partial charge >= 0.3 is 31.1 Å². The van der Waals surface area contributed by atoms with Gasteiger partial charge in [0.05, 0.1) is 19.3 Å². The summed E-state index contributed by atoms with van der Waals surface area (Å²) >= 11 is 1.90. The number of hydrogen-bond donors (Lipinski definition) is 3. The van der Waals surface area contributed by atoms with Crippen LogP contribution in [0.1, 0.15) is 35.7 Å². The summed E-state index contributed by atoms with van der Waals surface area (Å²) in [6.07, 6.45) is 1.29. The molecule has 0 aliphatic carbocycles. The number of cyclic esters (lactones) is 1. The average molecular weight is 726 g/mol. The van der Waals surface area contributed by atoms with E-state index in [1.165, 1.54) is 7.11 Å². The van der Waals surface area contributed by atoms with Gasteiger partial charge in [-0.3, -0.25) is 0 Å². The van der Waals surface area contributed by atoms with Gasteiger partial charge in [0, 0.05) is 15.8 Å². The maximum atomic E-state index is 12.5. The van der Waals surface area contributed by atoms with Crippen LogP contribution in [0.3, 0.4) is 0 Å². The number of fused-ring (bicyclic) bond motifs is 1. The zero-order chi connectivity index (χ0) is 19.3. The topological polar surface area (TPSA) is 96.2 Å². The molecule has 0 bridgehead atoms. The molecule has 8 heteroatoms. The Morgan fingerprint density at radius 1 is 1.29 bits per heavy atom. The molecule has 0 amide bonds. The molecule has 0 fully saturated rings. The monoisotopic (exact) mass is 726 g/mol. The molecule has 4 atom stereocenters. The van der Waals surface area contributed by atoms with Crippen LogP contribution in [-0.2, 0) is 4.74 Å². The second-order valence-electron chi connectivity index (χ2n) is 6.05. The number of methoxy groups -OCH3 is 1. The van der Waals surface area contributed by atoms with Gasteiger partial charge in [0.25, 0.3) is 5.97 Å². The van der Waals surface area contributed by atoms with E-state index >= 15 is 0 Å². The number of benzene rings is 1. The minimum Gasteiger partial charge on any atom is -0.540 e. The number of aliphatic hydroxyl groups excluding tert-OH is 3. The molecule has 1 heterocycles. The summed E-state index contributed by atoms with van der Waals surface area (Å²) in [7, 11) is 1.51. The van der Waals surface area contributed by atoms with Crippen LogP contribution >= 0.6 is 22.6 Å². The summed E-state index contributed by atoms with van der Waals surface area (Å²) in [4.78, 5) is 12.5. The molecule has 3 unspecified atom stereocenters. The minimum absolute atomic E-state index is 0. The zero-order valence-electron chi connectivity index (χ0n) is 16.1. The van der Waals surface area contributed by atoms with Gasteiger partial charge in [-0.1, -0.05) is 29.3 Å². The van der Waals surface area contributed by atoms with E-state index in [1.54, 1.807) is 37.3 Å². The second kappa shape index (κ2) is 13.0. The van der Waals surface area contributed by atoms with Crippen LogP contribution in [0.5, 0.6) is 5.75 Å². The Bertz CT molecular complexity index is 706. The quantitative estimate of drug-likeness (QED) is 0.234. The third-order valence-corrected chi connectivity index (χ3v) is 5.09. The van der Waals surface area contributed by atoms with Gasteiger partial charge in [-0.25, -0.2) is 0 Å². The van der Waals surface area contributed by atoms with Crippen molar-refractivity contribution in [3.05, 3.63) is 52.5 Å². The van der Waals surface area contributed by atoms with Crippen molar-refractivity contribution in [1.82, 2.24) is 0 Å². The van der Waals surface area contributed by atoms with Crippen LogP contribution < -0.4 is 4.74 Å². The van der Waals surface area contributed by atoms with Crippen LogP contribution in [0.25, 0.3) is 6.08 Å².